The Bertz CT molecular complexity index is 680. The van der Waals surface area contributed by atoms with E-state index in [1.54, 1.807) is 11.3 Å². The Morgan fingerprint density at radius 1 is 1.30 bits per heavy atom. The molecular weight excluding hydrogens is 351 g/mol. The zero-order valence-electron chi connectivity index (χ0n) is 13.5. The van der Waals surface area contributed by atoms with Gasteiger partial charge in [-0.3, -0.25) is 4.79 Å². The van der Waals surface area contributed by atoms with Gasteiger partial charge in [-0.1, -0.05) is 23.7 Å². The van der Waals surface area contributed by atoms with Crippen molar-refractivity contribution >= 4 is 40.4 Å². The molecule has 1 aromatic carbocycles. The fraction of sp³-hybridized carbons (Fsp3) is 0.412. The number of amides is 1. The summed E-state index contributed by atoms with van der Waals surface area (Å²) in [6, 6.07) is 7.66. The van der Waals surface area contributed by atoms with Crippen molar-refractivity contribution in [2.75, 3.05) is 12.4 Å². The van der Waals surface area contributed by atoms with Gasteiger partial charge in [-0.15, -0.1) is 22.9 Å². The van der Waals surface area contributed by atoms with E-state index in [4.69, 9.17) is 23.2 Å². The van der Waals surface area contributed by atoms with Crippen molar-refractivity contribution in [3.05, 3.63) is 39.9 Å². The molecule has 0 aliphatic carbocycles. The van der Waals surface area contributed by atoms with Crippen molar-refractivity contribution in [1.82, 2.24) is 10.3 Å². The van der Waals surface area contributed by atoms with E-state index in [2.05, 4.69) is 10.3 Å². The summed E-state index contributed by atoms with van der Waals surface area (Å²) in [6.07, 6.45) is 0.765. The Morgan fingerprint density at radius 3 is 2.57 bits per heavy atom. The van der Waals surface area contributed by atoms with E-state index in [1.165, 1.54) is 4.88 Å². The Morgan fingerprint density at radius 2 is 1.96 bits per heavy atom. The molecule has 2 rings (SSSR count). The number of carbonyl (C=O) groups excluding carboxylic acids is 1. The molecule has 1 N–H and O–H groups in total. The fourth-order valence-corrected chi connectivity index (χ4v) is 3.28. The molecule has 1 aromatic heterocycles. The molecule has 0 aliphatic rings. The number of rotatable bonds is 6. The van der Waals surface area contributed by atoms with Crippen LogP contribution in [0.2, 0.25) is 5.02 Å². The molecule has 0 spiro atoms. The van der Waals surface area contributed by atoms with E-state index in [-0.39, 0.29) is 5.91 Å². The lowest BCUT2D eigenvalue weighted by molar-refractivity contribution is -0.128. The largest absolute Gasteiger partial charge is 0.355 e. The van der Waals surface area contributed by atoms with Crippen LogP contribution in [0.25, 0.3) is 10.6 Å². The topological polar surface area (TPSA) is 42.0 Å². The molecule has 1 heterocycles. The quantitative estimate of drug-likeness (QED) is 0.748. The molecule has 3 nitrogen and oxygen atoms in total. The molecule has 0 bridgehead atoms. The lowest BCUT2D eigenvalue weighted by Gasteiger charge is -2.20. The van der Waals surface area contributed by atoms with Crippen LogP contribution in [0.1, 0.15) is 24.4 Å². The van der Waals surface area contributed by atoms with Gasteiger partial charge in [0.05, 0.1) is 11.1 Å². The standard InChI is InChI=1S/C17H20Cl2N2OS/c1-11-14(8-9-20-16(22)17(2,3)10-18)23-15(21-11)12-4-6-13(19)7-5-12/h4-7H,8-10H2,1-3H3,(H,20,22). The van der Waals surface area contributed by atoms with Gasteiger partial charge in [0.25, 0.3) is 0 Å². The Kier molecular flexibility index (Phi) is 6.06. The Hall–Kier alpha value is -1.10. The van der Waals surface area contributed by atoms with Gasteiger partial charge in [-0.25, -0.2) is 4.98 Å². The average molecular weight is 371 g/mol. The second-order valence-corrected chi connectivity index (χ2v) is 7.85. The number of alkyl halides is 1. The van der Waals surface area contributed by atoms with Gasteiger partial charge in [-0.2, -0.15) is 0 Å². The SMILES string of the molecule is Cc1nc(-c2ccc(Cl)cc2)sc1CCNC(=O)C(C)(C)CCl. The number of carbonyl (C=O) groups is 1. The van der Waals surface area contributed by atoms with E-state index in [9.17, 15) is 4.79 Å². The summed E-state index contributed by atoms with van der Waals surface area (Å²) in [4.78, 5) is 17.8. The van der Waals surface area contributed by atoms with Crippen LogP contribution in [0.5, 0.6) is 0 Å². The monoisotopic (exact) mass is 370 g/mol. The van der Waals surface area contributed by atoms with E-state index in [0.717, 1.165) is 22.7 Å². The third-order valence-electron chi connectivity index (χ3n) is 3.57. The first kappa shape index (κ1) is 18.2. The molecule has 0 fully saturated rings. The second-order valence-electron chi connectivity index (χ2n) is 6.06. The van der Waals surface area contributed by atoms with E-state index in [0.29, 0.717) is 17.4 Å². The molecule has 2 aromatic rings. The van der Waals surface area contributed by atoms with Crippen molar-refractivity contribution in [2.24, 2.45) is 5.41 Å². The zero-order chi connectivity index (χ0) is 17.0. The minimum Gasteiger partial charge on any atom is -0.355 e. The number of hydrogen-bond donors (Lipinski definition) is 1. The second kappa shape index (κ2) is 7.65. The molecule has 0 saturated heterocycles. The molecule has 0 radical (unpaired) electrons. The lowest BCUT2D eigenvalue weighted by atomic mass is 9.95. The summed E-state index contributed by atoms with van der Waals surface area (Å²) in [5.41, 5.74) is 1.52. The first-order valence-corrected chi connectivity index (χ1v) is 9.13. The summed E-state index contributed by atoms with van der Waals surface area (Å²) in [7, 11) is 0. The van der Waals surface area contributed by atoms with Gasteiger partial charge in [0.2, 0.25) is 5.91 Å². The number of nitrogens with zero attached hydrogens (tertiary/aromatic N) is 1. The van der Waals surface area contributed by atoms with Crippen LogP contribution in [0.3, 0.4) is 0 Å². The van der Waals surface area contributed by atoms with Gasteiger partial charge < -0.3 is 5.32 Å². The number of aryl methyl sites for hydroxylation is 1. The Balaban J connectivity index is 1.99. The number of hydrogen-bond acceptors (Lipinski definition) is 3. The van der Waals surface area contributed by atoms with Crippen molar-refractivity contribution in [2.45, 2.75) is 27.2 Å². The summed E-state index contributed by atoms with van der Waals surface area (Å²) < 4.78 is 0. The number of nitrogens with one attached hydrogen (secondary N) is 1. The molecule has 0 unspecified atom stereocenters. The maximum absolute atomic E-state index is 12.0. The van der Waals surface area contributed by atoms with Crippen LogP contribution in [-0.4, -0.2) is 23.3 Å². The molecule has 6 heteroatoms. The highest BCUT2D eigenvalue weighted by atomic mass is 35.5. The molecular formula is C17H20Cl2N2OS. The summed E-state index contributed by atoms with van der Waals surface area (Å²) in [5, 5.41) is 4.63. The normalized spacial score (nSPS) is 11.5. The number of thiazole rings is 1. The van der Waals surface area contributed by atoms with Gasteiger partial charge in [0.15, 0.2) is 0 Å². The van der Waals surface area contributed by atoms with Crippen molar-refractivity contribution in [3.63, 3.8) is 0 Å². The zero-order valence-corrected chi connectivity index (χ0v) is 15.8. The fourth-order valence-electron chi connectivity index (χ4n) is 1.97. The summed E-state index contributed by atoms with van der Waals surface area (Å²) in [6.45, 7) is 6.26. The maximum atomic E-state index is 12.0. The highest BCUT2D eigenvalue weighted by Crippen LogP contribution is 2.29. The minimum atomic E-state index is -0.543. The first-order chi connectivity index (χ1) is 10.8. The van der Waals surface area contributed by atoms with Crippen molar-refractivity contribution in [3.8, 4) is 10.6 Å². The predicted molar refractivity (Wildman–Crippen MR) is 98.5 cm³/mol. The third kappa shape index (κ3) is 4.69. The van der Waals surface area contributed by atoms with Crippen LogP contribution in [0.15, 0.2) is 24.3 Å². The molecule has 0 saturated carbocycles. The summed E-state index contributed by atoms with van der Waals surface area (Å²) in [5.74, 6) is 0.284. The highest BCUT2D eigenvalue weighted by Gasteiger charge is 2.25. The van der Waals surface area contributed by atoms with Crippen LogP contribution in [0.4, 0.5) is 0 Å². The van der Waals surface area contributed by atoms with Crippen LogP contribution < -0.4 is 5.32 Å². The van der Waals surface area contributed by atoms with Gasteiger partial charge in [0.1, 0.15) is 5.01 Å². The highest BCUT2D eigenvalue weighted by molar-refractivity contribution is 7.15. The molecule has 23 heavy (non-hydrogen) atoms. The van der Waals surface area contributed by atoms with Gasteiger partial charge in [-0.05, 0) is 32.9 Å². The van der Waals surface area contributed by atoms with Crippen molar-refractivity contribution in [1.29, 1.82) is 0 Å². The molecule has 0 aliphatic heterocycles. The lowest BCUT2D eigenvalue weighted by Crippen LogP contribution is -2.39. The van der Waals surface area contributed by atoms with E-state index < -0.39 is 5.41 Å². The van der Waals surface area contributed by atoms with Crippen LogP contribution >= 0.6 is 34.5 Å². The van der Waals surface area contributed by atoms with Crippen molar-refractivity contribution < 1.29 is 4.79 Å². The maximum Gasteiger partial charge on any atom is 0.226 e. The average Bonchev–Trinajstić information content (AvgIpc) is 2.89. The van der Waals surface area contributed by atoms with Gasteiger partial charge in [0, 0.05) is 34.3 Å². The summed E-state index contributed by atoms with van der Waals surface area (Å²) >= 11 is 13.4. The predicted octanol–water partition coefficient (Wildman–Crippen LogP) is 4.70. The molecule has 1 amide bonds. The van der Waals surface area contributed by atoms with Crippen LogP contribution in [0, 0.1) is 12.3 Å². The smallest absolute Gasteiger partial charge is 0.226 e. The van der Waals surface area contributed by atoms with E-state index >= 15 is 0 Å². The first-order valence-electron chi connectivity index (χ1n) is 7.40. The Labute approximate surface area is 151 Å². The molecule has 0 atom stereocenters. The van der Waals surface area contributed by atoms with E-state index in [1.807, 2.05) is 45.0 Å². The minimum absolute atomic E-state index is 0.0207. The van der Waals surface area contributed by atoms with Crippen LogP contribution in [-0.2, 0) is 11.2 Å². The molecule has 124 valence electrons. The number of benzene rings is 1. The number of halogens is 2. The third-order valence-corrected chi connectivity index (χ3v) is 5.76. The number of aromatic nitrogens is 1. The van der Waals surface area contributed by atoms with Gasteiger partial charge >= 0.3 is 0 Å².